The zero-order chi connectivity index (χ0) is 13.1. The van der Waals surface area contributed by atoms with Gasteiger partial charge in [-0.2, -0.15) is 0 Å². The van der Waals surface area contributed by atoms with Gasteiger partial charge < -0.3 is 5.32 Å². The second kappa shape index (κ2) is 5.79. The van der Waals surface area contributed by atoms with E-state index in [9.17, 15) is 8.42 Å². The van der Waals surface area contributed by atoms with Crippen LogP contribution in [0.1, 0.15) is 24.4 Å². The molecule has 0 aliphatic heterocycles. The first-order chi connectivity index (χ1) is 7.86. The maximum atomic E-state index is 11.9. The Labute approximate surface area is 107 Å². The minimum atomic E-state index is -3.35. The Balaban J connectivity index is 2.72. The molecule has 0 aliphatic carbocycles. The van der Waals surface area contributed by atoms with Crippen molar-refractivity contribution in [1.82, 2.24) is 10.3 Å². The fraction of sp³-hybridized carbons (Fsp3) is 0.700. The quantitative estimate of drug-likeness (QED) is 0.826. The van der Waals surface area contributed by atoms with Gasteiger partial charge in [0.05, 0.1) is 10.9 Å². The highest BCUT2D eigenvalue weighted by Crippen LogP contribution is 2.22. The number of hydrogen-bond donors (Lipinski definition) is 2. The number of aromatic nitrogens is 1. The van der Waals surface area contributed by atoms with Crippen LogP contribution in [0.3, 0.4) is 0 Å². The Morgan fingerprint density at radius 3 is 2.53 bits per heavy atom. The van der Waals surface area contributed by atoms with Crippen LogP contribution in [0.4, 0.5) is 5.13 Å². The molecular formula is C10H19N3O2S2. The van der Waals surface area contributed by atoms with E-state index in [4.69, 9.17) is 0 Å². The third-order valence-electron chi connectivity index (χ3n) is 2.47. The number of aryl methyl sites for hydroxylation is 2. The largest absolute Gasteiger partial charge is 0.316 e. The van der Waals surface area contributed by atoms with Crippen molar-refractivity contribution < 1.29 is 8.42 Å². The van der Waals surface area contributed by atoms with Gasteiger partial charge >= 0.3 is 0 Å². The average Bonchev–Trinajstić information content (AvgIpc) is 2.53. The van der Waals surface area contributed by atoms with Gasteiger partial charge in [0.15, 0.2) is 5.13 Å². The highest BCUT2D eigenvalue weighted by molar-refractivity contribution is 7.93. The Kier molecular flexibility index (Phi) is 4.91. The zero-order valence-corrected chi connectivity index (χ0v) is 12.2. The van der Waals surface area contributed by atoms with Crippen LogP contribution in [-0.2, 0) is 10.0 Å². The zero-order valence-electron chi connectivity index (χ0n) is 10.6. The van der Waals surface area contributed by atoms with Gasteiger partial charge in [-0.3, -0.25) is 4.72 Å². The normalized spacial score (nSPS) is 13.6. The van der Waals surface area contributed by atoms with E-state index in [0.29, 0.717) is 11.7 Å². The third-order valence-corrected chi connectivity index (χ3v) is 5.29. The molecular weight excluding hydrogens is 258 g/mol. The van der Waals surface area contributed by atoms with E-state index in [2.05, 4.69) is 15.0 Å². The van der Waals surface area contributed by atoms with Crippen molar-refractivity contribution in [2.24, 2.45) is 0 Å². The topological polar surface area (TPSA) is 71.1 Å². The number of hydrogen-bond acceptors (Lipinski definition) is 5. The fourth-order valence-corrected chi connectivity index (χ4v) is 3.20. The minimum Gasteiger partial charge on any atom is -0.316 e. The molecule has 1 aromatic heterocycles. The molecule has 0 spiro atoms. The first-order valence-corrected chi connectivity index (χ1v) is 7.89. The van der Waals surface area contributed by atoms with E-state index >= 15 is 0 Å². The van der Waals surface area contributed by atoms with E-state index < -0.39 is 15.3 Å². The molecule has 2 N–H and O–H groups in total. The summed E-state index contributed by atoms with van der Waals surface area (Å²) in [6.45, 7) is 8.61. The Bertz CT molecular complexity index is 448. The summed E-state index contributed by atoms with van der Waals surface area (Å²) in [5.41, 5.74) is 0.868. The maximum Gasteiger partial charge on any atom is 0.238 e. The summed E-state index contributed by atoms with van der Waals surface area (Å²) in [5.74, 6) is 0. The number of nitrogens with one attached hydrogen (secondary N) is 2. The summed E-state index contributed by atoms with van der Waals surface area (Å²) in [7, 11) is -3.35. The van der Waals surface area contributed by atoms with Crippen molar-refractivity contribution in [2.45, 2.75) is 32.9 Å². The standard InChI is InChI=1S/C10H19N3O2S2/c1-5-11-6-7(2)17(14,15)13-10-12-8(3)9(4)16-10/h7,11H,5-6H2,1-4H3,(H,12,13). The average molecular weight is 277 g/mol. The number of sulfonamides is 1. The molecule has 0 saturated heterocycles. The van der Waals surface area contributed by atoms with Gasteiger partial charge in [-0.25, -0.2) is 13.4 Å². The van der Waals surface area contributed by atoms with Crippen LogP contribution in [0.2, 0.25) is 0 Å². The van der Waals surface area contributed by atoms with E-state index in [-0.39, 0.29) is 0 Å². The number of anilines is 1. The molecule has 0 saturated carbocycles. The second-order valence-corrected chi connectivity index (χ2v) is 7.23. The van der Waals surface area contributed by atoms with Gasteiger partial charge in [0.1, 0.15) is 0 Å². The number of nitrogens with zero attached hydrogens (tertiary/aromatic N) is 1. The van der Waals surface area contributed by atoms with Gasteiger partial charge in [0, 0.05) is 11.4 Å². The monoisotopic (exact) mass is 277 g/mol. The molecule has 1 aromatic rings. The van der Waals surface area contributed by atoms with E-state index in [1.54, 1.807) is 6.92 Å². The molecule has 0 aliphatic rings. The first kappa shape index (κ1) is 14.4. The SMILES string of the molecule is CCNCC(C)S(=O)(=O)Nc1nc(C)c(C)s1. The molecule has 1 unspecified atom stereocenters. The second-order valence-electron chi connectivity index (χ2n) is 3.93. The molecule has 1 atom stereocenters. The summed E-state index contributed by atoms with van der Waals surface area (Å²) in [6.07, 6.45) is 0. The molecule has 1 rings (SSSR count). The van der Waals surface area contributed by atoms with Gasteiger partial charge in [-0.15, -0.1) is 11.3 Å². The maximum absolute atomic E-state index is 11.9. The molecule has 7 heteroatoms. The Morgan fingerprint density at radius 2 is 2.06 bits per heavy atom. The van der Waals surface area contributed by atoms with Crippen LogP contribution in [0, 0.1) is 13.8 Å². The molecule has 98 valence electrons. The molecule has 0 radical (unpaired) electrons. The highest BCUT2D eigenvalue weighted by atomic mass is 32.2. The molecule has 17 heavy (non-hydrogen) atoms. The van der Waals surface area contributed by atoms with Crippen molar-refractivity contribution in [2.75, 3.05) is 17.8 Å². The van der Waals surface area contributed by atoms with Crippen LogP contribution in [0.15, 0.2) is 0 Å². The molecule has 5 nitrogen and oxygen atoms in total. The van der Waals surface area contributed by atoms with Crippen LogP contribution in [0.5, 0.6) is 0 Å². The van der Waals surface area contributed by atoms with Crippen molar-refractivity contribution >= 4 is 26.5 Å². The fourth-order valence-electron chi connectivity index (χ4n) is 1.20. The lowest BCUT2D eigenvalue weighted by molar-refractivity contribution is 0.579. The molecule has 0 amide bonds. The van der Waals surface area contributed by atoms with Crippen molar-refractivity contribution in [3.63, 3.8) is 0 Å². The van der Waals surface area contributed by atoms with E-state index in [0.717, 1.165) is 17.1 Å². The molecule has 0 aromatic carbocycles. The lowest BCUT2D eigenvalue weighted by atomic mass is 10.4. The van der Waals surface area contributed by atoms with Gasteiger partial charge in [0.25, 0.3) is 0 Å². The lowest BCUT2D eigenvalue weighted by Gasteiger charge is -2.13. The Hall–Kier alpha value is -0.660. The highest BCUT2D eigenvalue weighted by Gasteiger charge is 2.21. The number of rotatable bonds is 6. The third kappa shape index (κ3) is 3.93. The summed E-state index contributed by atoms with van der Waals surface area (Å²) >= 11 is 1.36. The minimum absolute atomic E-state index is 0.440. The molecule has 0 bridgehead atoms. The predicted molar refractivity (Wildman–Crippen MR) is 72.1 cm³/mol. The summed E-state index contributed by atoms with van der Waals surface area (Å²) < 4.78 is 26.4. The van der Waals surface area contributed by atoms with Crippen LogP contribution >= 0.6 is 11.3 Å². The predicted octanol–water partition coefficient (Wildman–Crippen LogP) is 1.50. The first-order valence-electron chi connectivity index (χ1n) is 5.53. The van der Waals surface area contributed by atoms with Crippen LogP contribution in [0.25, 0.3) is 0 Å². The summed E-state index contributed by atoms with van der Waals surface area (Å²) in [6, 6.07) is 0. The molecule has 0 fully saturated rings. The van der Waals surface area contributed by atoms with Gasteiger partial charge in [0.2, 0.25) is 10.0 Å². The molecule has 1 heterocycles. The van der Waals surface area contributed by atoms with Gasteiger partial charge in [-0.05, 0) is 27.3 Å². The van der Waals surface area contributed by atoms with Crippen LogP contribution < -0.4 is 10.0 Å². The van der Waals surface area contributed by atoms with E-state index in [1.165, 1.54) is 11.3 Å². The van der Waals surface area contributed by atoms with Crippen molar-refractivity contribution in [3.8, 4) is 0 Å². The Morgan fingerprint density at radius 1 is 1.41 bits per heavy atom. The smallest absolute Gasteiger partial charge is 0.238 e. The van der Waals surface area contributed by atoms with Crippen molar-refractivity contribution in [3.05, 3.63) is 10.6 Å². The van der Waals surface area contributed by atoms with E-state index in [1.807, 2.05) is 20.8 Å². The lowest BCUT2D eigenvalue weighted by Crippen LogP contribution is -2.34. The summed E-state index contributed by atoms with van der Waals surface area (Å²) in [4.78, 5) is 5.20. The van der Waals surface area contributed by atoms with Gasteiger partial charge in [-0.1, -0.05) is 6.92 Å². The van der Waals surface area contributed by atoms with Crippen LogP contribution in [-0.4, -0.2) is 31.7 Å². The number of thiazole rings is 1. The summed E-state index contributed by atoms with van der Waals surface area (Å²) in [5, 5.41) is 2.99. The van der Waals surface area contributed by atoms with Crippen molar-refractivity contribution in [1.29, 1.82) is 0 Å².